The standard InChI is InChI=1S/C13H15FIN3O3/c14-7-4-9(10(18(19)20)5-8(7)15)17-12-11(16)6-2-1-3-21-13(6)12/h4-6,11-13,17H,1-3,16H2. The SMILES string of the molecule is NC1C2CCCOC2C1Nc1cc(F)c(I)cc1[N+](=O)[O-]. The van der Waals surface area contributed by atoms with E-state index < -0.39 is 10.7 Å². The predicted octanol–water partition coefficient (Wildman–Crippen LogP) is 2.26. The molecule has 0 bridgehead atoms. The summed E-state index contributed by atoms with van der Waals surface area (Å²) in [5.74, 6) is -0.207. The maximum Gasteiger partial charge on any atom is 0.293 e. The Morgan fingerprint density at radius 3 is 3.00 bits per heavy atom. The van der Waals surface area contributed by atoms with Crippen LogP contribution >= 0.6 is 22.6 Å². The molecule has 0 aromatic heterocycles. The van der Waals surface area contributed by atoms with Crippen molar-refractivity contribution in [2.75, 3.05) is 11.9 Å². The van der Waals surface area contributed by atoms with Gasteiger partial charge in [-0.1, -0.05) is 0 Å². The molecule has 8 heteroatoms. The molecule has 21 heavy (non-hydrogen) atoms. The number of hydrogen-bond donors (Lipinski definition) is 2. The molecule has 1 aromatic rings. The van der Waals surface area contributed by atoms with Crippen molar-refractivity contribution in [3.63, 3.8) is 0 Å². The fourth-order valence-corrected chi connectivity index (χ4v) is 3.56. The highest BCUT2D eigenvalue weighted by Crippen LogP contribution is 2.40. The Balaban J connectivity index is 1.84. The minimum atomic E-state index is -0.521. The maximum absolute atomic E-state index is 13.7. The van der Waals surface area contributed by atoms with E-state index in [2.05, 4.69) is 5.32 Å². The minimum absolute atomic E-state index is 0.0457. The van der Waals surface area contributed by atoms with Gasteiger partial charge in [-0.15, -0.1) is 0 Å². The molecule has 0 radical (unpaired) electrons. The number of hydrogen-bond acceptors (Lipinski definition) is 5. The van der Waals surface area contributed by atoms with Crippen LogP contribution in [0.3, 0.4) is 0 Å². The van der Waals surface area contributed by atoms with Gasteiger partial charge in [0.2, 0.25) is 0 Å². The first-order valence-corrected chi connectivity index (χ1v) is 7.84. The molecule has 6 nitrogen and oxygen atoms in total. The Kier molecular flexibility index (Phi) is 4.02. The molecule has 2 fully saturated rings. The predicted molar refractivity (Wildman–Crippen MR) is 83.6 cm³/mol. The van der Waals surface area contributed by atoms with Crippen LogP contribution < -0.4 is 11.1 Å². The zero-order valence-electron chi connectivity index (χ0n) is 11.1. The van der Waals surface area contributed by atoms with Gasteiger partial charge >= 0.3 is 0 Å². The smallest absolute Gasteiger partial charge is 0.293 e. The highest BCUT2D eigenvalue weighted by atomic mass is 127. The number of nitro benzene ring substituents is 1. The van der Waals surface area contributed by atoms with Crippen molar-refractivity contribution in [2.24, 2.45) is 11.7 Å². The second-order valence-electron chi connectivity index (χ2n) is 5.43. The molecule has 2 aliphatic rings. The van der Waals surface area contributed by atoms with E-state index in [0.29, 0.717) is 6.61 Å². The molecule has 0 amide bonds. The first kappa shape index (κ1) is 14.9. The molecule has 1 aliphatic heterocycles. The van der Waals surface area contributed by atoms with Crippen molar-refractivity contribution in [3.8, 4) is 0 Å². The molecule has 0 spiro atoms. The highest BCUT2D eigenvalue weighted by molar-refractivity contribution is 14.1. The van der Waals surface area contributed by atoms with Crippen LogP contribution in [0.4, 0.5) is 15.8 Å². The Morgan fingerprint density at radius 1 is 1.52 bits per heavy atom. The Morgan fingerprint density at radius 2 is 2.29 bits per heavy atom. The number of benzene rings is 1. The van der Waals surface area contributed by atoms with E-state index in [-0.39, 0.29) is 39.1 Å². The first-order valence-electron chi connectivity index (χ1n) is 6.76. The number of anilines is 1. The molecule has 4 unspecified atom stereocenters. The molecular weight excluding hydrogens is 392 g/mol. The summed E-state index contributed by atoms with van der Waals surface area (Å²) < 4.78 is 19.6. The number of nitrogens with two attached hydrogens (primary N) is 1. The van der Waals surface area contributed by atoms with Gasteiger partial charge in [0.25, 0.3) is 5.69 Å². The lowest BCUT2D eigenvalue weighted by atomic mass is 9.68. The van der Waals surface area contributed by atoms with Gasteiger partial charge in [0.15, 0.2) is 0 Å². The number of nitro groups is 1. The van der Waals surface area contributed by atoms with E-state index in [9.17, 15) is 14.5 Å². The third-order valence-electron chi connectivity index (χ3n) is 4.23. The van der Waals surface area contributed by atoms with Gasteiger partial charge in [0.05, 0.1) is 20.6 Å². The van der Waals surface area contributed by atoms with Crippen molar-refractivity contribution >= 4 is 34.0 Å². The highest BCUT2D eigenvalue weighted by Gasteiger charge is 2.50. The minimum Gasteiger partial charge on any atom is -0.376 e. The lowest BCUT2D eigenvalue weighted by Crippen LogP contribution is -2.69. The molecular formula is C13H15FIN3O3. The summed E-state index contributed by atoms with van der Waals surface area (Å²) in [7, 11) is 0. The summed E-state index contributed by atoms with van der Waals surface area (Å²) >= 11 is 1.73. The van der Waals surface area contributed by atoms with Crippen molar-refractivity contribution in [1.82, 2.24) is 0 Å². The lowest BCUT2D eigenvalue weighted by Gasteiger charge is -2.52. The summed E-state index contributed by atoms with van der Waals surface area (Å²) in [6.07, 6.45) is 1.95. The number of fused-ring (bicyclic) bond motifs is 1. The van der Waals surface area contributed by atoms with E-state index in [0.717, 1.165) is 18.9 Å². The van der Waals surface area contributed by atoms with Crippen LogP contribution in [-0.4, -0.2) is 29.7 Å². The third kappa shape index (κ3) is 2.59. The molecule has 1 aromatic carbocycles. The molecule has 4 atom stereocenters. The summed E-state index contributed by atoms with van der Waals surface area (Å²) in [5.41, 5.74) is 6.12. The quantitative estimate of drug-likeness (QED) is 0.456. The number of nitrogens with zero attached hydrogens (tertiary/aromatic N) is 1. The Labute approximate surface area is 134 Å². The maximum atomic E-state index is 13.7. The fourth-order valence-electron chi connectivity index (χ4n) is 3.11. The molecule has 1 heterocycles. The fraction of sp³-hybridized carbons (Fsp3) is 0.538. The van der Waals surface area contributed by atoms with Crippen LogP contribution in [0, 0.1) is 25.4 Å². The monoisotopic (exact) mass is 407 g/mol. The van der Waals surface area contributed by atoms with Crippen molar-refractivity contribution in [1.29, 1.82) is 0 Å². The molecule has 3 N–H and O–H groups in total. The van der Waals surface area contributed by atoms with Gasteiger partial charge in [-0.05, 0) is 35.4 Å². The van der Waals surface area contributed by atoms with E-state index in [1.165, 1.54) is 6.07 Å². The summed E-state index contributed by atoms with van der Waals surface area (Å²) in [6.45, 7) is 0.676. The average molecular weight is 407 g/mol. The van der Waals surface area contributed by atoms with E-state index in [1.807, 2.05) is 0 Å². The van der Waals surface area contributed by atoms with Gasteiger partial charge in [-0.2, -0.15) is 0 Å². The molecule has 1 saturated heterocycles. The Hall–Kier alpha value is -1.00. The Bertz CT molecular complexity index is 586. The topological polar surface area (TPSA) is 90.4 Å². The number of halogens is 2. The normalized spacial score (nSPS) is 31.2. The largest absolute Gasteiger partial charge is 0.376 e. The van der Waals surface area contributed by atoms with Crippen molar-refractivity contribution in [3.05, 3.63) is 31.6 Å². The van der Waals surface area contributed by atoms with Gasteiger partial charge in [-0.3, -0.25) is 10.1 Å². The van der Waals surface area contributed by atoms with Gasteiger partial charge < -0.3 is 15.8 Å². The first-order chi connectivity index (χ1) is 9.99. The summed E-state index contributed by atoms with van der Waals surface area (Å²) in [6, 6.07) is 2.04. The van der Waals surface area contributed by atoms with Crippen LogP contribution in [-0.2, 0) is 4.74 Å². The van der Waals surface area contributed by atoms with E-state index in [4.69, 9.17) is 10.5 Å². The molecule has 114 valence electrons. The second kappa shape index (κ2) is 5.65. The number of ether oxygens (including phenoxy) is 1. The van der Waals surface area contributed by atoms with Crippen LogP contribution in [0.5, 0.6) is 0 Å². The zero-order chi connectivity index (χ0) is 15.1. The van der Waals surface area contributed by atoms with Crippen LogP contribution in [0.1, 0.15) is 12.8 Å². The van der Waals surface area contributed by atoms with E-state index in [1.54, 1.807) is 22.6 Å². The number of nitrogens with one attached hydrogen (secondary N) is 1. The molecule has 1 saturated carbocycles. The van der Waals surface area contributed by atoms with E-state index >= 15 is 0 Å². The van der Waals surface area contributed by atoms with Gasteiger partial charge in [0, 0.05) is 30.7 Å². The number of rotatable bonds is 3. The molecule has 3 rings (SSSR count). The summed E-state index contributed by atoms with van der Waals surface area (Å²) in [4.78, 5) is 10.6. The molecule has 1 aliphatic carbocycles. The van der Waals surface area contributed by atoms with Crippen LogP contribution in [0.2, 0.25) is 0 Å². The van der Waals surface area contributed by atoms with Crippen molar-refractivity contribution < 1.29 is 14.1 Å². The van der Waals surface area contributed by atoms with Crippen LogP contribution in [0.15, 0.2) is 12.1 Å². The van der Waals surface area contributed by atoms with Gasteiger partial charge in [-0.25, -0.2) is 4.39 Å². The average Bonchev–Trinajstić information content (AvgIpc) is 2.47. The van der Waals surface area contributed by atoms with Crippen LogP contribution in [0.25, 0.3) is 0 Å². The van der Waals surface area contributed by atoms with Crippen molar-refractivity contribution in [2.45, 2.75) is 31.0 Å². The third-order valence-corrected chi connectivity index (χ3v) is 5.06. The lowest BCUT2D eigenvalue weighted by molar-refractivity contribution is -0.384. The summed E-state index contributed by atoms with van der Waals surface area (Å²) in [5, 5.41) is 14.1. The zero-order valence-corrected chi connectivity index (χ0v) is 13.2. The van der Waals surface area contributed by atoms with Gasteiger partial charge in [0.1, 0.15) is 11.5 Å². The second-order valence-corrected chi connectivity index (χ2v) is 6.59.